The Morgan fingerprint density at radius 2 is 0.729 bits per heavy atom. The number of unbranched alkanes of at least 4 members (excludes halogenated alkanes) is 35. The van der Waals surface area contributed by atoms with Crippen molar-refractivity contribution in [2.45, 2.75) is 295 Å². The van der Waals surface area contributed by atoms with E-state index in [-0.39, 0.29) is 18.9 Å². The summed E-state index contributed by atoms with van der Waals surface area (Å²) in [7, 11) is 0. The second-order valence-electron chi connectivity index (χ2n) is 18.1. The molecule has 0 spiro atoms. The molecule has 0 radical (unpaired) electrons. The largest absolute Gasteiger partial charge is 0.394 e. The van der Waals surface area contributed by atoms with Crippen molar-refractivity contribution >= 4 is 5.91 Å². The first kappa shape index (κ1) is 57.6. The summed E-state index contributed by atoms with van der Waals surface area (Å²) < 4.78 is 0. The molecule has 0 fully saturated rings. The van der Waals surface area contributed by atoms with Crippen LogP contribution in [0.3, 0.4) is 0 Å². The van der Waals surface area contributed by atoms with Crippen molar-refractivity contribution in [3.05, 3.63) is 36.5 Å². The fourth-order valence-corrected chi connectivity index (χ4v) is 8.14. The molecule has 0 aliphatic heterocycles. The van der Waals surface area contributed by atoms with E-state index in [1.807, 2.05) is 6.08 Å². The molecule has 0 bridgehead atoms. The van der Waals surface area contributed by atoms with E-state index in [2.05, 4.69) is 43.5 Å². The minimum atomic E-state index is -0.959. The number of carbonyl (C=O) groups is 1. The minimum absolute atomic E-state index is 0.00543. The molecule has 5 heteroatoms. The van der Waals surface area contributed by atoms with E-state index in [0.717, 1.165) is 38.5 Å². The molecule has 0 rings (SSSR count). The van der Waals surface area contributed by atoms with Crippen molar-refractivity contribution in [2.75, 3.05) is 6.61 Å². The third-order valence-electron chi connectivity index (χ3n) is 12.2. The third kappa shape index (κ3) is 45.9. The van der Waals surface area contributed by atoms with Crippen molar-refractivity contribution in [3.63, 3.8) is 0 Å². The zero-order valence-electron chi connectivity index (χ0n) is 39.6. The number of nitrogens with one attached hydrogen (secondary N) is 1. The Bertz CT molecular complexity index is 916. The first-order valence-electron chi connectivity index (χ1n) is 26.3. The molecule has 0 saturated heterocycles. The zero-order valence-corrected chi connectivity index (χ0v) is 39.6. The molecule has 3 atom stereocenters. The molecule has 0 saturated carbocycles. The van der Waals surface area contributed by atoms with Crippen LogP contribution >= 0.6 is 0 Å². The van der Waals surface area contributed by atoms with Crippen molar-refractivity contribution in [1.82, 2.24) is 5.32 Å². The quantitative estimate of drug-likeness (QED) is 0.0363. The lowest BCUT2D eigenvalue weighted by molar-refractivity contribution is -0.124. The maximum Gasteiger partial charge on any atom is 0.222 e. The maximum atomic E-state index is 12.5. The molecule has 348 valence electrons. The molecular weight excluding hydrogens is 727 g/mol. The molecule has 3 unspecified atom stereocenters. The maximum absolute atomic E-state index is 12.5. The van der Waals surface area contributed by atoms with Crippen molar-refractivity contribution in [2.24, 2.45) is 0 Å². The van der Waals surface area contributed by atoms with Crippen molar-refractivity contribution in [1.29, 1.82) is 0 Å². The van der Waals surface area contributed by atoms with Gasteiger partial charge in [-0.15, -0.1) is 0 Å². The van der Waals surface area contributed by atoms with Gasteiger partial charge in [0.15, 0.2) is 0 Å². The Morgan fingerprint density at radius 3 is 1.08 bits per heavy atom. The van der Waals surface area contributed by atoms with Crippen LogP contribution in [0, 0.1) is 0 Å². The number of hydrogen-bond donors (Lipinski definition) is 4. The van der Waals surface area contributed by atoms with Crippen LogP contribution in [0.4, 0.5) is 0 Å². The number of aliphatic hydroxyl groups excluding tert-OH is 3. The van der Waals surface area contributed by atoms with E-state index in [4.69, 9.17) is 0 Å². The summed E-state index contributed by atoms with van der Waals surface area (Å²) >= 11 is 0. The van der Waals surface area contributed by atoms with Crippen molar-refractivity contribution < 1.29 is 20.1 Å². The number of amides is 1. The van der Waals surface area contributed by atoms with Gasteiger partial charge in [-0.05, 0) is 44.9 Å². The Morgan fingerprint density at radius 1 is 0.424 bits per heavy atom. The summed E-state index contributed by atoms with van der Waals surface area (Å²) in [6, 6.07) is -0.766. The van der Waals surface area contributed by atoms with Gasteiger partial charge in [-0.3, -0.25) is 4.79 Å². The summed E-state index contributed by atoms with van der Waals surface area (Å²) in [5.74, 6) is -0.325. The van der Waals surface area contributed by atoms with Crippen LogP contribution in [-0.4, -0.2) is 46.1 Å². The van der Waals surface area contributed by atoms with Gasteiger partial charge in [0.1, 0.15) is 0 Å². The van der Waals surface area contributed by atoms with E-state index in [1.165, 1.54) is 212 Å². The highest BCUT2D eigenvalue weighted by molar-refractivity contribution is 5.76. The van der Waals surface area contributed by atoms with E-state index in [1.54, 1.807) is 6.08 Å². The summed E-state index contributed by atoms with van der Waals surface area (Å²) in [5.41, 5.74) is 0. The van der Waals surface area contributed by atoms with Gasteiger partial charge < -0.3 is 20.6 Å². The summed E-state index contributed by atoms with van der Waals surface area (Å²) in [6.07, 6.45) is 63.2. The molecule has 0 aromatic rings. The summed E-state index contributed by atoms with van der Waals surface area (Å²) in [5, 5.41) is 33.4. The molecule has 5 nitrogen and oxygen atoms in total. The summed E-state index contributed by atoms with van der Waals surface area (Å²) in [6.45, 7) is 4.23. The smallest absolute Gasteiger partial charge is 0.222 e. The lowest BCUT2D eigenvalue weighted by atomic mass is 10.0. The first-order chi connectivity index (χ1) is 29.0. The lowest BCUT2D eigenvalue weighted by Crippen LogP contribution is -2.45. The Kier molecular flexibility index (Phi) is 48.0. The molecular formula is C54H103NO4. The van der Waals surface area contributed by atoms with Gasteiger partial charge >= 0.3 is 0 Å². The van der Waals surface area contributed by atoms with Gasteiger partial charge in [0.2, 0.25) is 5.91 Å². The number of aliphatic hydroxyl groups is 3. The molecule has 1 amide bonds. The number of carbonyl (C=O) groups excluding carboxylic acids is 1. The van der Waals surface area contributed by atoms with Crippen molar-refractivity contribution in [3.8, 4) is 0 Å². The standard InChI is InChI=1S/C54H103NO4/c1-3-5-7-9-11-13-15-17-19-21-23-24-25-26-27-28-30-32-34-36-38-40-42-44-46-48-53(58)52(50-56)55-54(59)49-51(57)47-45-43-41-39-37-35-33-31-29-22-20-18-16-14-12-10-8-6-4-2/h30,32,38,40,46,48,51-53,56-58H,3-29,31,33-37,39,41-45,47,49-50H2,1-2H3,(H,55,59)/b32-30+,40-38+,48-46+. The number of allylic oxidation sites excluding steroid dienone is 5. The lowest BCUT2D eigenvalue weighted by Gasteiger charge is -2.21. The monoisotopic (exact) mass is 830 g/mol. The van der Waals surface area contributed by atoms with E-state index < -0.39 is 18.2 Å². The molecule has 0 aromatic carbocycles. The normalized spacial score (nSPS) is 13.6. The van der Waals surface area contributed by atoms with Crippen LogP contribution in [0.15, 0.2) is 36.5 Å². The molecule has 59 heavy (non-hydrogen) atoms. The predicted molar refractivity (Wildman–Crippen MR) is 259 cm³/mol. The Hall–Kier alpha value is -1.43. The average Bonchev–Trinajstić information content (AvgIpc) is 3.23. The van der Waals surface area contributed by atoms with Crippen LogP contribution in [0.1, 0.15) is 277 Å². The second-order valence-corrected chi connectivity index (χ2v) is 18.1. The van der Waals surface area contributed by atoms with Crippen LogP contribution in [-0.2, 0) is 4.79 Å². The fourth-order valence-electron chi connectivity index (χ4n) is 8.14. The van der Waals surface area contributed by atoms with Gasteiger partial charge in [0.05, 0.1) is 31.3 Å². The molecule has 0 aliphatic rings. The highest BCUT2D eigenvalue weighted by Crippen LogP contribution is 2.17. The van der Waals surface area contributed by atoms with Crippen LogP contribution < -0.4 is 5.32 Å². The Balaban J connectivity index is 3.65. The highest BCUT2D eigenvalue weighted by Gasteiger charge is 2.20. The van der Waals surface area contributed by atoms with Crippen LogP contribution in [0.2, 0.25) is 0 Å². The third-order valence-corrected chi connectivity index (χ3v) is 12.2. The van der Waals surface area contributed by atoms with Gasteiger partial charge in [0, 0.05) is 0 Å². The van der Waals surface area contributed by atoms with E-state index in [9.17, 15) is 20.1 Å². The van der Waals surface area contributed by atoms with Gasteiger partial charge in [-0.1, -0.05) is 262 Å². The number of hydrogen-bond acceptors (Lipinski definition) is 4. The minimum Gasteiger partial charge on any atom is -0.394 e. The molecule has 0 aromatic heterocycles. The van der Waals surface area contributed by atoms with Crippen LogP contribution in [0.25, 0.3) is 0 Å². The van der Waals surface area contributed by atoms with Gasteiger partial charge in [0.25, 0.3) is 0 Å². The van der Waals surface area contributed by atoms with E-state index in [0.29, 0.717) is 6.42 Å². The average molecular weight is 830 g/mol. The zero-order chi connectivity index (χ0) is 43.0. The number of rotatable bonds is 48. The van der Waals surface area contributed by atoms with Gasteiger partial charge in [-0.2, -0.15) is 0 Å². The Labute approximate surface area is 368 Å². The first-order valence-corrected chi connectivity index (χ1v) is 26.3. The SMILES string of the molecule is CCCCCCCCCCCCCCCCC/C=C/CC/C=C/CC/C=C/C(O)C(CO)NC(=O)CC(O)CCCCCCCCCCCCCCCCCCCCC. The topological polar surface area (TPSA) is 89.8 Å². The molecule has 0 aliphatic carbocycles. The van der Waals surface area contributed by atoms with Gasteiger partial charge in [-0.25, -0.2) is 0 Å². The predicted octanol–water partition coefficient (Wildman–Crippen LogP) is 15.9. The molecule has 0 heterocycles. The second kappa shape index (κ2) is 49.2. The summed E-state index contributed by atoms with van der Waals surface area (Å²) in [4.78, 5) is 12.5. The van der Waals surface area contributed by atoms with Crippen LogP contribution in [0.5, 0.6) is 0 Å². The van der Waals surface area contributed by atoms with E-state index >= 15 is 0 Å². The molecule has 4 N–H and O–H groups in total. The fraction of sp³-hybridized carbons (Fsp3) is 0.870. The highest BCUT2D eigenvalue weighted by atomic mass is 16.3.